The molecule has 0 fully saturated rings. The van der Waals surface area contributed by atoms with Crippen LogP contribution in [0.2, 0.25) is 0 Å². The first-order valence-electron chi connectivity index (χ1n) is 33.5. The minimum absolute atomic E-state index is 0. The van der Waals surface area contributed by atoms with Gasteiger partial charge in [-0.05, 0) is 120 Å². The second kappa shape index (κ2) is 21.4. The number of aromatic hydroxyl groups is 1. The maximum Gasteiger partial charge on any atom is 0.148 e. The Kier molecular flexibility index (Phi) is 11.4. The van der Waals surface area contributed by atoms with Crippen molar-refractivity contribution >= 4 is 11.0 Å². The molecule has 5 heteroatoms. The molecule has 0 aliphatic heterocycles. The van der Waals surface area contributed by atoms with Gasteiger partial charge in [0.15, 0.2) is 0 Å². The molecule has 0 radical (unpaired) electrons. The molecule has 1 N–H and O–H groups in total. The smallest absolute Gasteiger partial charge is 0.148 e. The van der Waals surface area contributed by atoms with Gasteiger partial charge in [0.2, 0.25) is 0 Å². The van der Waals surface area contributed by atoms with Gasteiger partial charge in [-0.15, -0.1) is 29.3 Å². The van der Waals surface area contributed by atoms with Crippen molar-refractivity contribution in [3.05, 3.63) is 215 Å². The van der Waals surface area contributed by atoms with E-state index in [9.17, 15) is 10.6 Å². The molecular weight excluding hydrogens is 1150 g/mol. The third-order valence-corrected chi connectivity index (χ3v) is 14.9. The normalized spacial score (nSPS) is 14.9. The Bertz CT molecular complexity index is 4500. The summed E-state index contributed by atoms with van der Waals surface area (Å²) >= 11 is 0. The van der Waals surface area contributed by atoms with E-state index >= 15 is 0 Å². The van der Waals surface area contributed by atoms with Crippen molar-refractivity contribution in [2.24, 2.45) is 0 Å². The number of aryl methyl sites for hydroxylation is 1. The number of rotatable bonds is 8. The van der Waals surface area contributed by atoms with Crippen molar-refractivity contribution in [3.63, 3.8) is 0 Å². The minimum atomic E-state index is -2.34. The first-order chi connectivity index (χ1) is 42.5. The molecule has 0 spiro atoms. The van der Waals surface area contributed by atoms with E-state index < -0.39 is 88.9 Å². The first-order valence-corrected chi connectivity index (χ1v) is 27.0. The second-order valence-electron chi connectivity index (χ2n) is 26.0. The van der Waals surface area contributed by atoms with Crippen LogP contribution >= 0.6 is 0 Å². The van der Waals surface area contributed by atoms with Crippen LogP contribution < -0.4 is 0 Å². The molecule has 410 valence electrons. The van der Waals surface area contributed by atoms with Crippen molar-refractivity contribution in [1.29, 1.82) is 0 Å². The van der Waals surface area contributed by atoms with E-state index in [0.29, 0.717) is 55.7 Å². The Balaban J connectivity index is 0.0000102. The number of para-hydroxylation sites is 1. The van der Waals surface area contributed by atoms with Gasteiger partial charge >= 0.3 is 0 Å². The third-order valence-electron chi connectivity index (χ3n) is 14.9. The van der Waals surface area contributed by atoms with E-state index in [4.69, 9.17) is 22.3 Å². The van der Waals surface area contributed by atoms with Gasteiger partial charge < -0.3 is 5.11 Å². The zero-order valence-corrected chi connectivity index (χ0v) is 50.8. The summed E-state index contributed by atoms with van der Waals surface area (Å²) in [5.41, 5.74) is 8.21. The van der Waals surface area contributed by atoms with Crippen LogP contribution in [0.1, 0.15) is 155 Å². The number of pyridine rings is 1. The fourth-order valence-corrected chi connectivity index (χ4v) is 10.1. The van der Waals surface area contributed by atoms with Gasteiger partial charge in [0, 0.05) is 53.8 Å². The topological polar surface area (TPSA) is 50.9 Å². The third kappa shape index (κ3) is 11.4. The van der Waals surface area contributed by atoms with Crippen LogP contribution in [0.4, 0.5) is 0 Å². The van der Waals surface area contributed by atoms with Gasteiger partial charge in [0.05, 0.1) is 36.0 Å². The average Bonchev–Trinajstić information content (AvgIpc) is 1.67. The van der Waals surface area contributed by atoms with Gasteiger partial charge in [-0.1, -0.05) is 242 Å². The molecule has 10 rings (SSSR count). The monoisotopic (exact) mass is 1240 g/mol. The van der Waals surface area contributed by atoms with Gasteiger partial charge in [0.1, 0.15) is 11.6 Å². The number of nitrogens with zero attached hydrogens (tertiary/aromatic N) is 3. The molecule has 0 aliphatic rings. The van der Waals surface area contributed by atoms with Gasteiger partial charge in [-0.2, -0.15) is 0 Å². The summed E-state index contributed by atoms with van der Waals surface area (Å²) in [7, 11) is 0. The van der Waals surface area contributed by atoms with Crippen molar-refractivity contribution < 1.29 is 44.0 Å². The van der Waals surface area contributed by atoms with Crippen molar-refractivity contribution in [2.45, 2.75) is 138 Å². The summed E-state index contributed by atoms with van der Waals surface area (Å²) in [5.74, 6) is 0.0550. The van der Waals surface area contributed by atoms with E-state index in [1.54, 1.807) is 29.0 Å². The molecule has 0 saturated heterocycles. The molecule has 0 amide bonds. The van der Waals surface area contributed by atoms with Crippen LogP contribution in [0.5, 0.6) is 5.75 Å². The zero-order valence-electron chi connectivity index (χ0n) is 61.6. The fourth-order valence-electron chi connectivity index (χ4n) is 10.1. The quantitative estimate of drug-likeness (QED) is 0.154. The first kappa shape index (κ1) is 42.7. The molecule has 0 atom stereocenters. The number of hydrogen-bond donors (Lipinski definition) is 1. The SMILES string of the molecule is [2H]c1c([2H])c([2H])c(-c2cc(C(C)(C)C)cc(-c3c([2H])c([2H])c([2H])c([2H])c3[2H])c2-n2c(-c3cc(C(C)(C)C)cc(C(C)(C)C)c3O)nc3c(-c4[c-]c(-c5cc(-c6ccc(-c7ccc(C(C)(C)C)cc7C([2H])([2H])[2H])cc6)ccn5)cc(C(C)(C)C)c4)cccc32)c([2H])c1[2H].[Pt]. The molecule has 10 aromatic rings. The number of imidazole rings is 1. The van der Waals surface area contributed by atoms with Crippen molar-refractivity contribution in [1.82, 2.24) is 14.5 Å². The van der Waals surface area contributed by atoms with Crippen molar-refractivity contribution in [2.75, 3.05) is 0 Å². The number of aromatic nitrogens is 3. The largest absolute Gasteiger partial charge is 0.507 e. The Morgan fingerprint density at radius 3 is 1.57 bits per heavy atom. The van der Waals surface area contributed by atoms with Crippen molar-refractivity contribution in [3.8, 4) is 89.7 Å². The van der Waals surface area contributed by atoms with Crippen LogP contribution in [0.25, 0.3) is 95.0 Å². The number of phenolic OH excluding ortho intramolecular Hbond substituents is 1. The van der Waals surface area contributed by atoms with Crippen LogP contribution in [-0.2, 0) is 48.1 Å². The predicted molar refractivity (Wildman–Crippen MR) is 336 cm³/mol. The van der Waals surface area contributed by atoms with E-state index in [-0.39, 0.29) is 71.6 Å². The molecular formula is C75H78N3OPt-. The predicted octanol–water partition coefficient (Wildman–Crippen LogP) is 20.4. The Labute approximate surface area is 510 Å². The molecule has 0 saturated carbocycles. The summed E-state index contributed by atoms with van der Waals surface area (Å²) in [5, 5.41) is 13.0. The number of fused-ring (bicyclic) bond motifs is 1. The Hall–Kier alpha value is -7.13. The number of phenols is 1. The molecule has 2 heterocycles. The molecule has 0 unspecified atom stereocenters. The van der Waals surface area contributed by atoms with E-state index in [1.807, 2.05) is 120 Å². The van der Waals surface area contributed by atoms with Crippen LogP contribution in [0.15, 0.2) is 176 Å². The zero-order chi connectivity index (χ0) is 67.8. The van der Waals surface area contributed by atoms with Crippen LogP contribution in [0.3, 0.4) is 0 Å². The molecule has 0 aliphatic carbocycles. The van der Waals surface area contributed by atoms with Crippen LogP contribution in [-0.4, -0.2) is 19.6 Å². The maximum atomic E-state index is 13.0. The molecule has 8 aromatic carbocycles. The Morgan fingerprint density at radius 2 is 1.01 bits per heavy atom. The summed E-state index contributed by atoms with van der Waals surface area (Å²) in [6.45, 7) is 28.2. The molecule has 4 nitrogen and oxygen atoms in total. The summed E-state index contributed by atoms with van der Waals surface area (Å²) in [6, 6.07) is 32.5. The second-order valence-corrected chi connectivity index (χ2v) is 26.0. The van der Waals surface area contributed by atoms with Gasteiger partial charge in [-0.3, -0.25) is 9.55 Å². The summed E-state index contributed by atoms with van der Waals surface area (Å²) in [4.78, 5) is 10.6. The molecule has 80 heavy (non-hydrogen) atoms. The molecule has 2 aromatic heterocycles. The molecule has 0 bridgehead atoms. The number of hydrogen-bond acceptors (Lipinski definition) is 3. The summed E-state index contributed by atoms with van der Waals surface area (Å²) < 4.78 is 119. The van der Waals surface area contributed by atoms with Crippen LogP contribution in [0, 0.1) is 12.9 Å². The van der Waals surface area contributed by atoms with E-state index in [0.717, 1.165) is 33.4 Å². The van der Waals surface area contributed by atoms with E-state index in [2.05, 4.69) is 80.5 Å². The summed E-state index contributed by atoms with van der Waals surface area (Å²) in [6.07, 6.45) is 1.75. The maximum absolute atomic E-state index is 13.0. The van der Waals surface area contributed by atoms with Gasteiger partial charge in [-0.25, -0.2) is 4.98 Å². The minimum Gasteiger partial charge on any atom is -0.507 e. The number of benzene rings is 8. The standard InChI is InChI=1S/C75H78N3O.Pt/c1-47-38-55(71(2,3)4)34-35-59(47)51-32-30-48(31-33-51)52-36-37-76-65(42-52)54-39-53(40-56(41-54)72(5,6)7)60-28-23-29-66-67(60)77-70(63-45-58(74(11,12)13)46-64(69(63)79)75(14,15)16)78(66)68-61(49-24-19-17-20-25-49)43-57(73(8,9)10)44-62(68)50-26-21-18-22-27-50;/h17-38,40-46,79H,1-16H3;/q-1;/i1D3,17D,18D,19D,20D,21D,22D,24D,25D,26D,27D;. The fraction of sp³-hybridized carbons (Fsp3) is 0.280. The van der Waals surface area contributed by atoms with E-state index in [1.165, 1.54) is 0 Å². The van der Waals surface area contributed by atoms with Gasteiger partial charge in [0.25, 0.3) is 0 Å². The Morgan fingerprint density at radius 1 is 0.475 bits per heavy atom. The average molecular weight is 1250 g/mol.